The van der Waals surface area contributed by atoms with Gasteiger partial charge in [0.25, 0.3) is 5.56 Å². The van der Waals surface area contributed by atoms with Crippen LogP contribution in [0.1, 0.15) is 6.92 Å². The van der Waals surface area contributed by atoms with Crippen LogP contribution in [-0.4, -0.2) is 35.4 Å². The van der Waals surface area contributed by atoms with E-state index in [4.69, 9.17) is 11.6 Å². The molecule has 0 bridgehead atoms. The van der Waals surface area contributed by atoms with Crippen LogP contribution in [-0.2, 0) is 18.9 Å². The van der Waals surface area contributed by atoms with E-state index in [1.165, 1.54) is 25.6 Å². The molecule has 10 heteroatoms. The molecule has 0 saturated carbocycles. The van der Waals surface area contributed by atoms with Crippen molar-refractivity contribution in [2.45, 2.75) is 17.2 Å². The fourth-order valence-electron chi connectivity index (χ4n) is 2.49. The molecule has 0 radical (unpaired) electrons. The SMILES string of the molecule is C[C@H](Sc1nc(-c2cccc(Cl)c2)nc2c1c(=O)n(C)c(=O)n2C)C(=O)O. The Bertz CT molecular complexity index is 1190. The van der Waals surface area contributed by atoms with Gasteiger partial charge in [0.1, 0.15) is 15.7 Å². The van der Waals surface area contributed by atoms with Crippen LogP contribution in [0.15, 0.2) is 38.9 Å². The molecule has 3 rings (SSSR count). The number of benzene rings is 1. The quantitative estimate of drug-likeness (QED) is 0.521. The third-order valence-corrected chi connectivity index (χ3v) is 5.29. The fraction of sp³-hybridized carbons (Fsp3) is 0.235. The van der Waals surface area contributed by atoms with Crippen LogP contribution >= 0.6 is 23.4 Å². The predicted octanol–water partition coefficient (Wildman–Crippen LogP) is 1.91. The van der Waals surface area contributed by atoms with E-state index in [-0.39, 0.29) is 21.9 Å². The Morgan fingerprint density at radius 1 is 1.22 bits per heavy atom. The third kappa shape index (κ3) is 3.47. The van der Waals surface area contributed by atoms with E-state index in [2.05, 4.69) is 9.97 Å². The first-order valence-corrected chi connectivity index (χ1v) is 9.09. The second-order valence-corrected chi connectivity index (χ2v) is 7.63. The van der Waals surface area contributed by atoms with Crippen molar-refractivity contribution < 1.29 is 9.90 Å². The van der Waals surface area contributed by atoms with E-state index in [0.717, 1.165) is 16.3 Å². The lowest BCUT2D eigenvalue weighted by Gasteiger charge is -2.13. The summed E-state index contributed by atoms with van der Waals surface area (Å²) in [5.74, 6) is -0.800. The number of halogens is 1. The first-order valence-electron chi connectivity index (χ1n) is 7.84. The zero-order valence-electron chi connectivity index (χ0n) is 14.6. The largest absolute Gasteiger partial charge is 0.480 e. The fourth-order valence-corrected chi connectivity index (χ4v) is 3.55. The smallest absolute Gasteiger partial charge is 0.332 e. The van der Waals surface area contributed by atoms with Crippen LogP contribution in [0.3, 0.4) is 0 Å². The van der Waals surface area contributed by atoms with Gasteiger partial charge in [0.05, 0.1) is 0 Å². The minimum atomic E-state index is -1.04. The molecule has 1 atom stereocenters. The Balaban J connectivity index is 2.40. The Labute approximate surface area is 162 Å². The molecule has 0 spiro atoms. The van der Waals surface area contributed by atoms with E-state index in [1.54, 1.807) is 24.3 Å². The Hall–Kier alpha value is -2.65. The van der Waals surface area contributed by atoms with Gasteiger partial charge in [0.15, 0.2) is 11.5 Å². The van der Waals surface area contributed by atoms with Gasteiger partial charge in [-0.1, -0.05) is 35.5 Å². The van der Waals surface area contributed by atoms with Crippen molar-refractivity contribution in [2.75, 3.05) is 0 Å². The molecule has 0 aliphatic rings. The van der Waals surface area contributed by atoms with Crippen LogP contribution in [0.4, 0.5) is 0 Å². The molecule has 2 heterocycles. The van der Waals surface area contributed by atoms with Crippen molar-refractivity contribution in [1.29, 1.82) is 0 Å². The van der Waals surface area contributed by atoms with Crippen LogP contribution in [0.5, 0.6) is 0 Å². The van der Waals surface area contributed by atoms with E-state index < -0.39 is 22.5 Å². The van der Waals surface area contributed by atoms with Gasteiger partial charge < -0.3 is 5.11 Å². The summed E-state index contributed by atoms with van der Waals surface area (Å²) in [6.45, 7) is 1.49. The minimum Gasteiger partial charge on any atom is -0.480 e. The lowest BCUT2D eigenvalue weighted by atomic mass is 10.2. The van der Waals surface area contributed by atoms with Crippen LogP contribution < -0.4 is 11.2 Å². The van der Waals surface area contributed by atoms with Gasteiger partial charge >= 0.3 is 11.7 Å². The number of aliphatic carboxylic acids is 1. The highest BCUT2D eigenvalue weighted by Crippen LogP contribution is 2.29. The number of thioether (sulfide) groups is 1. The summed E-state index contributed by atoms with van der Waals surface area (Å²) in [6.07, 6.45) is 0. The summed E-state index contributed by atoms with van der Waals surface area (Å²) in [5, 5.41) is 9.16. The van der Waals surface area contributed by atoms with Crippen molar-refractivity contribution in [3.8, 4) is 11.4 Å². The molecule has 140 valence electrons. The van der Waals surface area contributed by atoms with E-state index in [1.807, 2.05) is 0 Å². The first-order chi connectivity index (χ1) is 12.7. The maximum Gasteiger partial charge on any atom is 0.332 e. The second-order valence-electron chi connectivity index (χ2n) is 5.87. The number of aromatic nitrogens is 4. The number of carboxylic acid groups (broad SMARTS) is 1. The molecular formula is C17H15ClN4O4S. The topological polar surface area (TPSA) is 107 Å². The molecule has 3 aromatic rings. The summed E-state index contributed by atoms with van der Waals surface area (Å²) in [4.78, 5) is 45.0. The van der Waals surface area contributed by atoms with Gasteiger partial charge in [0.2, 0.25) is 0 Å². The first kappa shape index (κ1) is 19.1. The van der Waals surface area contributed by atoms with Gasteiger partial charge in [-0.25, -0.2) is 14.8 Å². The Morgan fingerprint density at radius 2 is 1.93 bits per heavy atom. The zero-order valence-corrected chi connectivity index (χ0v) is 16.2. The number of hydrogen-bond donors (Lipinski definition) is 1. The van der Waals surface area contributed by atoms with Crippen molar-refractivity contribution in [3.63, 3.8) is 0 Å². The number of rotatable bonds is 4. The van der Waals surface area contributed by atoms with Crippen molar-refractivity contribution in [3.05, 3.63) is 50.1 Å². The molecule has 0 saturated heterocycles. The maximum absolute atomic E-state index is 12.7. The molecule has 0 aliphatic heterocycles. The molecule has 2 aromatic heterocycles. The molecule has 0 aliphatic carbocycles. The summed E-state index contributed by atoms with van der Waals surface area (Å²) in [5.41, 5.74) is -0.396. The molecule has 0 fully saturated rings. The number of carbonyl (C=O) groups is 1. The normalized spacial score (nSPS) is 12.3. The van der Waals surface area contributed by atoms with Gasteiger partial charge in [-0.3, -0.25) is 18.7 Å². The highest BCUT2D eigenvalue weighted by Gasteiger charge is 2.22. The summed E-state index contributed by atoms with van der Waals surface area (Å²) >= 11 is 6.95. The molecule has 1 aromatic carbocycles. The van der Waals surface area contributed by atoms with E-state index in [0.29, 0.717) is 10.6 Å². The molecule has 8 nitrogen and oxygen atoms in total. The molecule has 27 heavy (non-hydrogen) atoms. The number of fused-ring (bicyclic) bond motifs is 1. The van der Waals surface area contributed by atoms with Crippen LogP contribution in [0.25, 0.3) is 22.4 Å². The number of nitrogens with zero attached hydrogens (tertiary/aromatic N) is 4. The van der Waals surface area contributed by atoms with Gasteiger partial charge in [-0.05, 0) is 19.1 Å². The number of carboxylic acids is 1. The predicted molar refractivity (Wildman–Crippen MR) is 103 cm³/mol. The second kappa shape index (κ2) is 7.16. The lowest BCUT2D eigenvalue weighted by Crippen LogP contribution is -2.37. The molecular weight excluding hydrogens is 392 g/mol. The number of hydrogen-bond acceptors (Lipinski definition) is 6. The van der Waals surface area contributed by atoms with Crippen molar-refractivity contribution >= 4 is 40.4 Å². The average molecular weight is 407 g/mol. The third-order valence-electron chi connectivity index (χ3n) is 3.99. The van der Waals surface area contributed by atoms with E-state index >= 15 is 0 Å². The summed E-state index contributed by atoms with van der Waals surface area (Å²) < 4.78 is 2.18. The monoisotopic (exact) mass is 406 g/mol. The zero-order chi connectivity index (χ0) is 19.9. The van der Waals surface area contributed by atoms with Gasteiger partial charge in [-0.15, -0.1) is 0 Å². The van der Waals surface area contributed by atoms with Crippen molar-refractivity contribution in [1.82, 2.24) is 19.1 Å². The van der Waals surface area contributed by atoms with Crippen molar-refractivity contribution in [2.24, 2.45) is 14.1 Å². The Morgan fingerprint density at radius 3 is 2.56 bits per heavy atom. The molecule has 0 amide bonds. The Kier molecular flexibility index (Phi) is 5.07. The molecule has 0 unspecified atom stereocenters. The van der Waals surface area contributed by atoms with Crippen LogP contribution in [0.2, 0.25) is 5.02 Å². The van der Waals surface area contributed by atoms with Gasteiger partial charge in [0, 0.05) is 24.7 Å². The summed E-state index contributed by atoms with van der Waals surface area (Å²) in [6, 6.07) is 6.80. The van der Waals surface area contributed by atoms with Gasteiger partial charge in [-0.2, -0.15) is 0 Å². The minimum absolute atomic E-state index is 0.100. The highest BCUT2D eigenvalue weighted by molar-refractivity contribution is 8.00. The standard InChI is InChI=1S/C17H15ClN4O4S/c1-8(16(24)25)27-14-11-13(21(2)17(26)22(3)15(11)23)19-12(20-14)9-5-4-6-10(18)7-9/h4-8H,1-3H3,(H,24,25)/t8-/m0/s1. The molecule has 1 N–H and O–H groups in total. The lowest BCUT2D eigenvalue weighted by molar-refractivity contribution is -0.136. The highest BCUT2D eigenvalue weighted by atomic mass is 35.5. The summed E-state index contributed by atoms with van der Waals surface area (Å²) in [7, 11) is 2.85. The maximum atomic E-state index is 12.7. The number of aryl methyl sites for hydroxylation is 1. The average Bonchev–Trinajstić information content (AvgIpc) is 2.63. The van der Waals surface area contributed by atoms with E-state index in [9.17, 15) is 19.5 Å². The van der Waals surface area contributed by atoms with Crippen LogP contribution in [0, 0.1) is 0 Å².